The zero-order valence-electron chi connectivity index (χ0n) is 20.9. The molecule has 0 radical (unpaired) electrons. The lowest BCUT2D eigenvalue weighted by molar-refractivity contribution is -0.142. The zero-order chi connectivity index (χ0) is 26.3. The highest BCUT2D eigenvalue weighted by Gasteiger charge is 2.37. The van der Waals surface area contributed by atoms with Gasteiger partial charge in [-0.25, -0.2) is 4.98 Å². The SMILES string of the molecule is CC1(C)CN(C(=O)Cn2c(=O)c(C(=O)NCc3ccc(Cl)cc3)cc3c(N4CCC(O)C4)ccnc32)C1. The molecule has 0 aliphatic carbocycles. The number of aliphatic hydroxyl groups is 1. The highest BCUT2D eigenvalue weighted by Crippen LogP contribution is 2.30. The third-order valence-electron chi connectivity index (χ3n) is 6.96. The minimum absolute atomic E-state index is 0.0497. The number of nitrogens with one attached hydrogen (secondary N) is 1. The van der Waals surface area contributed by atoms with E-state index in [1.165, 1.54) is 4.57 Å². The number of aromatic nitrogens is 2. The molecule has 3 aromatic rings. The summed E-state index contributed by atoms with van der Waals surface area (Å²) in [4.78, 5) is 48.0. The Balaban J connectivity index is 1.52. The van der Waals surface area contributed by atoms with E-state index in [9.17, 15) is 19.5 Å². The number of fused-ring (bicyclic) bond motifs is 1. The Kier molecular flexibility index (Phi) is 6.68. The topological polar surface area (TPSA) is 108 Å². The van der Waals surface area contributed by atoms with E-state index in [-0.39, 0.29) is 30.0 Å². The van der Waals surface area contributed by atoms with E-state index in [4.69, 9.17) is 11.6 Å². The summed E-state index contributed by atoms with van der Waals surface area (Å²) in [7, 11) is 0. The highest BCUT2D eigenvalue weighted by atomic mass is 35.5. The smallest absolute Gasteiger partial charge is 0.265 e. The Bertz CT molecular complexity index is 1410. The number of halogens is 1. The molecule has 2 N–H and O–H groups in total. The number of likely N-dealkylation sites (tertiary alicyclic amines) is 1. The summed E-state index contributed by atoms with van der Waals surface area (Å²) in [5, 5.41) is 14.1. The predicted octanol–water partition coefficient (Wildman–Crippen LogP) is 2.42. The lowest BCUT2D eigenvalue weighted by Gasteiger charge is -2.45. The quantitative estimate of drug-likeness (QED) is 0.514. The first-order valence-corrected chi connectivity index (χ1v) is 12.7. The van der Waals surface area contributed by atoms with Gasteiger partial charge in [-0.3, -0.25) is 19.0 Å². The number of hydrogen-bond acceptors (Lipinski definition) is 6. The first kappa shape index (κ1) is 25.2. The molecule has 5 rings (SSSR count). The lowest BCUT2D eigenvalue weighted by atomic mass is 9.84. The average molecular weight is 524 g/mol. The minimum atomic E-state index is -0.569. The Hall–Kier alpha value is -3.43. The van der Waals surface area contributed by atoms with E-state index in [0.29, 0.717) is 48.7 Å². The number of β-amino-alcohol motifs (C(OH)–C–C–N with tert-alkyl or cyclic N) is 1. The van der Waals surface area contributed by atoms with Crippen LogP contribution in [0.2, 0.25) is 5.02 Å². The molecule has 2 aliphatic rings. The maximum Gasteiger partial charge on any atom is 0.265 e. The molecule has 2 saturated heterocycles. The van der Waals surface area contributed by atoms with Crippen LogP contribution in [0.3, 0.4) is 0 Å². The fraction of sp³-hybridized carbons (Fsp3) is 0.407. The molecule has 194 valence electrons. The van der Waals surface area contributed by atoms with Crippen LogP contribution in [0.15, 0.2) is 47.4 Å². The van der Waals surface area contributed by atoms with Gasteiger partial charge < -0.3 is 20.2 Å². The van der Waals surface area contributed by atoms with Gasteiger partial charge in [0, 0.05) is 55.0 Å². The molecule has 37 heavy (non-hydrogen) atoms. The van der Waals surface area contributed by atoms with Crippen LogP contribution >= 0.6 is 11.6 Å². The van der Waals surface area contributed by atoms with Crippen LogP contribution in [0.25, 0.3) is 11.0 Å². The highest BCUT2D eigenvalue weighted by molar-refractivity contribution is 6.30. The molecule has 2 aromatic heterocycles. The van der Waals surface area contributed by atoms with Gasteiger partial charge in [0.2, 0.25) is 5.91 Å². The number of carbonyl (C=O) groups is 2. The maximum absolute atomic E-state index is 13.6. The number of aliphatic hydroxyl groups excluding tert-OH is 1. The zero-order valence-corrected chi connectivity index (χ0v) is 21.7. The predicted molar refractivity (Wildman–Crippen MR) is 142 cm³/mol. The van der Waals surface area contributed by atoms with E-state index >= 15 is 0 Å². The fourth-order valence-electron chi connectivity index (χ4n) is 5.08. The Labute approximate surface area is 219 Å². The largest absolute Gasteiger partial charge is 0.391 e. The van der Waals surface area contributed by atoms with Crippen molar-refractivity contribution < 1.29 is 14.7 Å². The summed E-state index contributed by atoms with van der Waals surface area (Å²) in [6.07, 6.45) is 1.77. The molecule has 2 aliphatic heterocycles. The average Bonchev–Trinajstić information content (AvgIpc) is 3.29. The number of carbonyl (C=O) groups excluding carboxylic acids is 2. The standard InChI is InChI=1S/C27H30ClN5O4/c1-27(2)15-32(16-27)23(35)14-33-24-20(22(7-9-29-24)31-10-8-19(34)13-31)11-21(26(33)37)25(36)30-12-17-3-5-18(28)6-4-17/h3-7,9,11,19,34H,8,10,12-16H2,1-2H3,(H,30,36). The second-order valence-corrected chi connectivity index (χ2v) is 11.1. The van der Waals surface area contributed by atoms with Crippen molar-refractivity contribution in [3.63, 3.8) is 0 Å². The summed E-state index contributed by atoms with van der Waals surface area (Å²) in [6.45, 7) is 6.49. The normalized spacial score (nSPS) is 18.6. The lowest BCUT2D eigenvalue weighted by Crippen LogP contribution is -2.56. The molecule has 0 saturated carbocycles. The van der Waals surface area contributed by atoms with Crippen molar-refractivity contribution >= 4 is 40.1 Å². The molecule has 2 amide bonds. The number of benzene rings is 1. The van der Waals surface area contributed by atoms with Gasteiger partial charge in [-0.05, 0) is 41.7 Å². The van der Waals surface area contributed by atoms with Crippen molar-refractivity contribution in [1.82, 2.24) is 19.8 Å². The summed E-state index contributed by atoms with van der Waals surface area (Å²) >= 11 is 5.95. The Morgan fingerprint density at radius 3 is 2.57 bits per heavy atom. The molecule has 9 nitrogen and oxygen atoms in total. The van der Waals surface area contributed by atoms with E-state index in [0.717, 1.165) is 11.3 Å². The Morgan fingerprint density at radius 2 is 1.92 bits per heavy atom. The van der Waals surface area contributed by atoms with Crippen molar-refractivity contribution in [1.29, 1.82) is 0 Å². The molecular formula is C27H30ClN5O4. The third-order valence-corrected chi connectivity index (χ3v) is 7.22. The molecule has 2 fully saturated rings. The molecule has 1 unspecified atom stereocenters. The first-order chi connectivity index (χ1) is 17.6. The van der Waals surface area contributed by atoms with Crippen LogP contribution in [0.5, 0.6) is 0 Å². The van der Waals surface area contributed by atoms with Gasteiger partial charge in [-0.1, -0.05) is 37.6 Å². The molecule has 10 heteroatoms. The number of amides is 2. The van der Waals surface area contributed by atoms with Gasteiger partial charge >= 0.3 is 0 Å². The molecule has 1 atom stereocenters. The minimum Gasteiger partial charge on any atom is -0.391 e. The molecule has 0 spiro atoms. The van der Waals surface area contributed by atoms with Crippen molar-refractivity contribution in [3.05, 3.63) is 69.1 Å². The van der Waals surface area contributed by atoms with Gasteiger partial charge in [0.25, 0.3) is 11.5 Å². The molecule has 4 heterocycles. The van der Waals surface area contributed by atoms with E-state index in [1.54, 1.807) is 41.4 Å². The van der Waals surface area contributed by atoms with E-state index in [2.05, 4.69) is 24.1 Å². The first-order valence-electron chi connectivity index (χ1n) is 12.4. The molecular weight excluding hydrogens is 494 g/mol. The molecule has 0 bridgehead atoms. The number of hydrogen-bond donors (Lipinski definition) is 2. The third kappa shape index (κ3) is 5.19. The maximum atomic E-state index is 13.6. The van der Waals surface area contributed by atoms with E-state index < -0.39 is 17.6 Å². The van der Waals surface area contributed by atoms with Gasteiger partial charge in [0.05, 0.1) is 6.10 Å². The van der Waals surface area contributed by atoms with Crippen LogP contribution in [0.1, 0.15) is 36.2 Å². The van der Waals surface area contributed by atoms with Crippen LogP contribution in [0, 0.1) is 5.41 Å². The van der Waals surface area contributed by atoms with Gasteiger partial charge in [0.1, 0.15) is 17.8 Å². The van der Waals surface area contributed by atoms with Gasteiger partial charge in [-0.15, -0.1) is 0 Å². The second-order valence-electron chi connectivity index (χ2n) is 10.6. The number of anilines is 1. The van der Waals surface area contributed by atoms with E-state index in [1.807, 2.05) is 11.0 Å². The summed E-state index contributed by atoms with van der Waals surface area (Å²) < 4.78 is 1.30. The van der Waals surface area contributed by atoms with Crippen molar-refractivity contribution in [2.75, 3.05) is 31.1 Å². The van der Waals surface area contributed by atoms with Crippen LogP contribution < -0.4 is 15.8 Å². The van der Waals surface area contributed by atoms with Crippen LogP contribution in [-0.2, 0) is 17.9 Å². The fourth-order valence-corrected chi connectivity index (χ4v) is 5.20. The van der Waals surface area contributed by atoms with Crippen LogP contribution in [-0.4, -0.2) is 63.7 Å². The summed E-state index contributed by atoms with van der Waals surface area (Å²) in [5.41, 5.74) is 1.36. The van der Waals surface area contributed by atoms with Crippen molar-refractivity contribution in [2.45, 2.75) is 39.5 Å². The van der Waals surface area contributed by atoms with Gasteiger partial charge in [-0.2, -0.15) is 0 Å². The van der Waals surface area contributed by atoms with Crippen molar-refractivity contribution in [2.24, 2.45) is 5.41 Å². The second kappa shape index (κ2) is 9.79. The molecule has 1 aromatic carbocycles. The van der Waals surface area contributed by atoms with Crippen LogP contribution in [0.4, 0.5) is 5.69 Å². The van der Waals surface area contributed by atoms with Crippen molar-refractivity contribution in [3.8, 4) is 0 Å². The number of pyridine rings is 2. The summed E-state index contributed by atoms with van der Waals surface area (Å²) in [6, 6.07) is 10.4. The number of nitrogens with zero attached hydrogens (tertiary/aromatic N) is 4. The summed E-state index contributed by atoms with van der Waals surface area (Å²) in [5.74, 6) is -0.727. The number of rotatable bonds is 6. The van der Waals surface area contributed by atoms with Gasteiger partial charge in [0.15, 0.2) is 0 Å². The Morgan fingerprint density at radius 1 is 1.19 bits per heavy atom. The monoisotopic (exact) mass is 523 g/mol.